The van der Waals surface area contributed by atoms with Crippen molar-refractivity contribution >= 4 is 30.0 Å². The number of hydrogen-bond donors (Lipinski definition) is 0. The monoisotopic (exact) mass is 459 g/mol. The molecule has 0 bridgehead atoms. The molecular weight excluding hydrogens is 440 g/mol. The molecule has 1 heterocycles. The van der Waals surface area contributed by atoms with Crippen molar-refractivity contribution < 1.29 is 37.3 Å². The smallest absolute Gasteiger partial charge is 0.266 e. The molecule has 4 aromatic carbocycles. The van der Waals surface area contributed by atoms with Crippen molar-refractivity contribution in [2.24, 2.45) is 7.05 Å². The van der Waals surface area contributed by atoms with Crippen molar-refractivity contribution in [3.63, 3.8) is 0 Å². The Morgan fingerprint density at radius 3 is 2.23 bits per heavy atom. The fraction of sp³-hybridized carbons (Fsp3) is 0.0769. The Labute approximate surface area is 204 Å². The van der Waals surface area contributed by atoms with E-state index in [1.807, 2.05) is 30.2 Å². The van der Waals surface area contributed by atoms with Crippen LogP contribution in [0, 0.1) is 19.1 Å². The zero-order chi connectivity index (χ0) is 19.1. The summed E-state index contributed by atoms with van der Waals surface area (Å²) in [7, 11) is 2.01. The van der Waals surface area contributed by atoms with E-state index >= 15 is 0 Å². The molecule has 0 amide bonds. The molecule has 0 aliphatic carbocycles. The zero-order valence-electron chi connectivity index (χ0n) is 17.1. The maximum Gasteiger partial charge on any atom is 0.279 e. The summed E-state index contributed by atoms with van der Waals surface area (Å²) in [6.07, 6.45) is 3.65. The Balaban J connectivity index is 0.00000128. The van der Waals surface area contributed by atoms with Crippen molar-refractivity contribution in [2.75, 3.05) is 0 Å². The van der Waals surface area contributed by atoms with Crippen molar-refractivity contribution in [1.82, 2.24) is 4.98 Å². The molecule has 5 rings (SSSR count). The minimum atomic E-state index is 0. The zero-order valence-corrected chi connectivity index (χ0v) is 19.9. The average Bonchev–Trinajstić information content (AvgIpc) is 2.74. The molecule has 0 fully saturated rings. The van der Waals surface area contributed by atoms with Crippen molar-refractivity contribution in [3.05, 3.63) is 97.0 Å². The van der Waals surface area contributed by atoms with Crippen LogP contribution in [0.3, 0.4) is 0 Å². The minimum Gasteiger partial charge on any atom is -0.266 e. The Morgan fingerprint density at radius 2 is 1.47 bits per heavy atom. The van der Waals surface area contributed by atoms with E-state index < -0.39 is 0 Å². The second-order valence-electron chi connectivity index (χ2n) is 7.10. The molecule has 0 aliphatic heterocycles. The first-order valence-corrected chi connectivity index (χ1v) is 9.38. The molecule has 0 atom stereocenters. The second-order valence-corrected chi connectivity index (χ2v) is 7.10. The number of nitrogens with zero attached hydrogens (tertiary/aromatic N) is 2. The van der Waals surface area contributed by atoms with Crippen LogP contribution in [0.25, 0.3) is 43.9 Å². The number of rotatable bonds is 2. The van der Waals surface area contributed by atoms with E-state index in [4.69, 9.17) is 0 Å². The second kappa shape index (κ2) is 9.20. The Bertz CT molecular complexity index is 1350. The predicted molar refractivity (Wildman–Crippen MR) is 119 cm³/mol. The number of hydrogen-bond acceptors (Lipinski definition) is 1. The summed E-state index contributed by atoms with van der Waals surface area (Å²) in [6, 6.07) is 30.7. The number of aromatic nitrogens is 2. The normalized spacial score (nSPS) is 10.5. The molecule has 0 N–H and O–H groups in total. The minimum absolute atomic E-state index is 0. The van der Waals surface area contributed by atoms with E-state index in [-0.39, 0.29) is 41.1 Å². The van der Waals surface area contributed by atoms with Crippen LogP contribution in [-0.4, -0.2) is 13.4 Å². The van der Waals surface area contributed by atoms with E-state index in [1.165, 1.54) is 21.7 Å². The molecule has 0 aliphatic rings. The van der Waals surface area contributed by atoms with Gasteiger partial charge in [-0.15, -0.1) is 28.5 Å². The molecule has 5 aromatic rings. The molecule has 2 nitrogen and oxygen atoms in total. The third kappa shape index (κ3) is 3.85. The average molecular weight is 459 g/mol. The van der Waals surface area contributed by atoms with Gasteiger partial charge in [0.15, 0.2) is 0 Å². The van der Waals surface area contributed by atoms with Crippen LogP contribution in [0.5, 0.6) is 0 Å². The van der Waals surface area contributed by atoms with Gasteiger partial charge in [-0.25, -0.2) is 0 Å². The van der Waals surface area contributed by atoms with E-state index in [0.717, 1.165) is 27.8 Å². The summed E-state index contributed by atoms with van der Waals surface area (Å²) in [5.74, 6) is 0. The van der Waals surface area contributed by atoms with E-state index in [0.29, 0.717) is 0 Å². The summed E-state index contributed by atoms with van der Waals surface area (Å²) in [5.41, 5.74) is 5.52. The first-order chi connectivity index (χ1) is 13.7. The van der Waals surface area contributed by atoms with Crippen LogP contribution in [0.15, 0.2) is 79.3 Å². The number of aryl methyl sites for hydroxylation is 2. The summed E-state index contributed by atoms with van der Waals surface area (Å²) in [5, 5.41) is 4.80. The Morgan fingerprint density at radius 1 is 0.767 bits per heavy atom. The topological polar surface area (TPSA) is 16.8 Å². The van der Waals surface area contributed by atoms with E-state index in [2.05, 4.69) is 84.7 Å². The van der Waals surface area contributed by atoms with Gasteiger partial charge < -0.3 is 0 Å². The van der Waals surface area contributed by atoms with Gasteiger partial charge in [0.2, 0.25) is 0 Å². The van der Waals surface area contributed by atoms with Gasteiger partial charge in [-0.1, -0.05) is 70.7 Å². The molecule has 0 spiro atoms. The molecule has 0 unspecified atom stereocenters. The Hall–Kier alpha value is -2.35. The molecule has 4 heteroatoms. The summed E-state index contributed by atoms with van der Waals surface area (Å²) in [6.45, 7) is 2.12. The fourth-order valence-corrected chi connectivity index (χ4v) is 3.85. The third-order valence-corrected chi connectivity index (χ3v) is 5.29. The third-order valence-electron chi connectivity index (χ3n) is 5.29. The summed E-state index contributed by atoms with van der Waals surface area (Å²) >= 11 is 0. The van der Waals surface area contributed by atoms with Gasteiger partial charge in [-0.3, -0.25) is 4.57 Å². The van der Waals surface area contributed by atoms with Crippen molar-refractivity contribution in [1.29, 1.82) is 0 Å². The van der Waals surface area contributed by atoms with Gasteiger partial charge in [0.1, 0.15) is 6.20 Å². The van der Waals surface area contributed by atoms with Crippen LogP contribution < -0.4 is 4.57 Å². The van der Waals surface area contributed by atoms with Gasteiger partial charge in [0, 0.05) is 41.1 Å². The standard InChI is InChI=1S/C26H19N2.B.Y/c1-18-11-12-20(15-24(18)26-13-14-27-17-28(26)2)25-16-19-7-3-4-8-21(19)22-9-5-6-10-23(22)25;;/h3-14,17H,1-2H3;;/q-1;;. The molecule has 140 valence electrons. The maximum atomic E-state index is 4.20. The Kier molecular flexibility index (Phi) is 6.85. The van der Waals surface area contributed by atoms with Crippen molar-refractivity contribution in [3.8, 4) is 22.4 Å². The summed E-state index contributed by atoms with van der Waals surface area (Å²) in [4.78, 5) is 4.20. The van der Waals surface area contributed by atoms with Gasteiger partial charge in [0.25, 0.3) is 6.33 Å². The number of fused-ring (bicyclic) bond motifs is 3. The molecule has 30 heavy (non-hydrogen) atoms. The predicted octanol–water partition coefficient (Wildman–Crippen LogP) is 5.07. The SMILES string of the molecule is Cc1ccc(-c2[c-]c3ccccc3c3ccccc23)[c-]c1-c1ccnc[n+]1C.[B].[Y]. The fourth-order valence-electron chi connectivity index (χ4n) is 3.85. The van der Waals surface area contributed by atoms with Gasteiger partial charge in [0.05, 0.1) is 12.7 Å². The largest absolute Gasteiger partial charge is 0.279 e. The molecule has 0 saturated carbocycles. The van der Waals surface area contributed by atoms with Gasteiger partial charge in [-0.05, 0) is 6.07 Å². The first-order valence-electron chi connectivity index (χ1n) is 9.38. The van der Waals surface area contributed by atoms with Crippen LogP contribution >= 0.6 is 0 Å². The van der Waals surface area contributed by atoms with Crippen molar-refractivity contribution in [2.45, 2.75) is 6.92 Å². The van der Waals surface area contributed by atoms with E-state index in [9.17, 15) is 0 Å². The van der Waals surface area contributed by atoms with Gasteiger partial charge >= 0.3 is 0 Å². The number of benzene rings is 4. The van der Waals surface area contributed by atoms with Crippen LogP contribution in [0.2, 0.25) is 0 Å². The first kappa shape index (κ1) is 22.3. The van der Waals surface area contributed by atoms with Crippen LogP contribution in [0.1, 0.15) is 5.56 Å². The molecule has 1 aromatic heterocycles. The maximum absolute atomic E-state index is 4.20. The molecule has 0 saturated heterocycles. The van der Waals surface area contributed by atoms with Crippen LogP contribution in [0.4, 0.5) is 0 Å². The summed E-state index contributed by atoms with van der Waals surface area (Å²) < 4.78 is 2.03. The molecule has 4 radical (unpaired) electrons. The quantitative estimate of drug-likeness (QED) is 0.156. The van der Waals surface area contributed by atoms with Crippen LogP contribution in [-0.2, 0) is 39.8 Å². The van der Waals surface area contributed by atoms with Gasteiger partial charge in [-0.2, -0.15) is 29.3 Å². The molecular formula is C26H19BN2Y-. The van der Waals surface area contributed by atoms with E-state index in [1.54, 1.807) is 0 Å².